The molecule has 96 valence electrons. The zero-order chi connectivity index (χ0) is 12.5. The number of furan rings is 1. The minimum Gasteiger partial charge on any atom is -0.472 e. The molecule has 1 saturated carbocycles. The summed E-state index contributed by atoms with van der Waals surface area (Å²) in [7, 11) is 0. The molecule has 1 aromatic heterocycles. The third-order valence-corrected chi connectivity index (χ3v) is 4.44. The Morgan fingerprint density at radius 2 is 2.00 bits per heavy atom. The molecule has 1 aliphatic rings. The Morgan fingerprint density at radius 3 is 2.47 bits per heavy atom. The highest BCUT2D eigenvalue weighted by Gasteiger charge is 2.43. The highest BCUT2D eigenvalue weighted by atomic mass is 16.3. The molecule has 0 bridgehead atoms. The van der Waals surface area contributed by atoms with Crippen molar-refractivity contribution in [3.05, 3.63) is 24.2 Å². The fraction of sp³-hybridized carbons (Fsp3) is 0.714. The Balaban J connectivity index is 2.16. The van der Waals surface area contributed by atoms with E-state index in [1.54, 1.807) is 12.5 Å². The predicted octanol–water partition coefficient (Wildman–Crippen LogP) is 2.86. The summed E-state index contributed by atoms with van der Waals surface area (Å²) in [6.45, 7) is 5.12. The fourth-order valence-corrected chi connectivity index (χ4v) is 2.80. The lowest BCUT2D eigenvalue weighted by Crippen LogP contribution is -2.41. The fourth-order valence-electron chi connectivity index (χ4n) is 2.80. The minimum absolute atomic E-state index is 0.167. The van der Waals surface area contributed by atoms with Gasteiger partial charge >= 0.3 is 0 Å². The summed E-state index contributed by atoms with van der Waals surface area (Å²) in [5.74, 6) is 0. The largest absolute Gasteiger partial charge is 0.472 e. The van der Waals surface area contributed by atoms with Crippen molar-refractivity contribution in [3.8, 4) is 0 Å². The number of hydrogen-bond donors (Lipinski definition) is 2. The minimum atomic E-state index is -0.498. The average Bonchev–Trinajstić information content (AvgIpc) is 2.82. The first kappa shape index (κ1) is 12.7. The molecule has 0 radical (unpaired) electrons. The molecule has 3 heteroatoms. The van der Waals surface area contributed by atoms with Gasteiger partial charge in [-0.3, -0.25) is 0 Å². The van der Waals surface area contributed by atoms with E-state index in [4.69, 9.17) is 10.2 Å². The zero-order valence-corrected chi connectivity index (χ0v) is 10.8. The van der Waals surface area contributed by atoms with Crippen LogP contribution in [0.1, 0.15) is 51.2 Å². The zero-order valence-electron chi connectivity index (χ0n) is 10.8. The van der Waals surface area contributed by atoms with Crippen molar-refractivity contribution in [2.75, 3.05) is 6.54 Å². The van der Waals surface area contributed by atoms with E-state index < -0.39 is 6.10 Å². The molecule has 1 atom stereocenters. The van der Waals surface area contributed by atoms with Crippen LogP contribution in [0.2, 0.25) is 0 Å². The normalized spacial score (nSPS) is 24.5. The Morgan fingerprint density at radius 1 is 1.35 bits per heavy atom. The molecule has 17 heavy (non-hydrogen) atoms. The van der Waals surface area contributed by atoms with Gasteiger partial charge in [-0.25, -0.2) is 0 Å². The second-order valence-electron chi connectivity index (χ2n) is 6.19. The van der Waals surface area contributed by atoms with E-state index in [-0.39, 0.29) is 5.41 Å². The highest BCUT2D eigenvalue weighted by Crippen LogP contribution is 2.50. The van der Waals surface area contributed by atoms with Gasteiger partial charge in [-0.1, -0.05) is 13.8 Å². The van der Waals surface area contributed by atoms with Gasteiger partial charge in [0, 0.05) is 17.5 Å². The number of nitrogens with two attached hydrogens (primary N) is 1. The molecule has 0 aromatic carbocycles. The van der Waals surface area contributed by atoms with Crippen molar-refractivity contribution in [1.29, 1.82) is 0 Å². The molecule has 0 spiro atoms. The van der Waals surface area contributed by atoms with Gasteiger partial charge in [0.15, 0.2) is 0 Å². The van der Waals surface area contributed by atoms with Gasteiger partial charge in [0.25, 0.3) is 0 Å². The predicted molar refractivity (Wildman–Crippen MR) is 67.4 cm³/mol. The van der Waals surface area contributed by atoms with Crippen molar-refractivity contribution in [1.82, 2.24) is 0 Å². The lowest BCUT2D eigenvalue weighted by molar-refractivity contribution is -0.0238. The van der Waals surface area contributed by atoms with E-state index >= 15 is 0 Å². The molecule has 2 rings (SSSR count). The average molecular weight is 237 g/mol. The van der Waals surface area contributed by atoms with E-state index in [0.717, 1.165) is 31.2 Å². The van der Waals surface area contributed by atoms with Crippen LogP contribution < -0.4 is 5.73 Å². The maximum absolute atomic E-state index is 10.5. The van der Waals surface area contributed by atoms with Crippen LogP contribution in [0.25, 0.3) is 0 Å². The third kappa shape index (κ3) is 2.40. The summed E-state index contributed by atoms with van der Waals surface area (Å²) in [5, 5.41) is 10.5. The van der Waals surface area contributed by atoms with Gasteiger partial charge < -0.3 is 15.3 Å². The molecule has 1 heterocycles. The molecular weight excluding hydrogens is 214 g/mol. The van der Waals surface area contributed by atoms with E-state index in [2.05, 4.69) is 13.8 Å². The van der Waals surface area contributed by atoms with Crippen LogP contribution in [-0.4, -0.2) is 11.7 Å². The first-order valence-electron chi connectivity index (χ1n) is 6.39. The maximum Gasteiger partial charge on any atom is 0.0960 e. The standard InChI is InChI=1S/C14H23NO2/c1-13(2)4-6-14(10-15,7-5-13)12(16)11-3-8-17-9-11/h3,8-9,12,16H,4-7,10,15H2,1-2H3. The van der Waals surface area contributed by atoms with E-state index in [9.17, 15) is 5.11 Å². The summed E-state index contributed by atoms with van der Waals surface area (Å²) in [6.07, 6.45) is 6.96. The molecule has 1 fully saturated rings. The molecule has 3 nitrogen and oxygen atoms in total. The number of rotatable bonds is 3. The smallest absolute Gasteiger partial charge is 0.0960 e. The number of aliphatic hydroxyl groups is 1. The first-order valence-corrected chi connectivity index (χ1v) is 6.39. The van der Waals surface area contributed by atoms with Gasteiger partial charge in [0.2, 0.25) is 0 Å². The molecule has 1 aliphatic carbocycles. The van der Waals surface area contributed by atoms with Crippen LogP contribution in [-0.2, 0) is 0 Å². The Kier molecular flexibility index (Phi) is 3.32. The lowest BCUT2D eigenvalue weighted by atomic mass is 9.62. The molecule has 1 unspecified atom stereocenters. The van der Waals surface area contributed by atoms with E-state index in [1.165, 1.54) is 0 Å². The van der Waals surface area contributed by atoms with Crippen molar-refractivity contribution >= 4 is 0 Å². The SMILES string of the molecule is CC1(C)CCC(CN)(C(O)c2ccoc2)CC1. The van der Waals surface area contributed by atoms with Crippen molar-refractivity contribution in [2.45, 2.75) is 45.6 Å². The summed E-state index contributed by atoms with van der Waals surface area (Å²) < 4.78 is 5.06. The Labute approximate surface area is 103 Å². The van der Waals surface area contributed by atoms with Crippen LogP contribution >= 0.6 is 0 Å². The first-order chi connectivity index (χ1) is 7.99. The van der Waals surface area contributed by atoms with Gasteiger partial charge in [-0.15, -0.1) is 0 Å². The highest BCUT2D eigenvalue weighted by molar-refractivity contribution is 5.14. The second-order valence-corrected chi connectivity index (χ2v) is 6.19. The maximum atomic E-state index is 10.5. The number of aliphatic hydroxyl groups excluding tert-OH is 1. The topological polar surface area (TPSA) is 59.4 Å². The summed E-state index contributed by atoms with van der Waals surface area (Å²) in [5.41, 5.74) is 7.02. The Hall–Kier alpha value is -0.800. The van der Waals surface area contributed by atoms with E-state index in [0.29, 0.717) is 12.0 Å². The second kappa shape index (κ2) is 4.46. The van der Waals surface area contributed by atoms with Crippen LogP contribution in [0.15, 0.2) is 23.0 Å². The lowest BCUT2D eigenvalue weighted by Gasteiger charge is -2.45. The van der Waals surface area contributed by atoms with Crippen LogP contribution in [0, 0.1) is 10.8 Å². The summed E-state index contributed by atoms with van der Waals surface area (Å²) >= 11 is 0. The molecule has 1 aromatic rings. The summed E-state index contributed by atoms with van der Waals surface area (Å²) in [4.78, 5) is 0. The van der Waals surface area contributed by atoms with Crippen molar-refractivity contribution in [3.63, 3.8) is 0 Å². The van der Waals surface area contributed by atoms with Gasteiger partial charge in [-0.2, -0.15) is 0 Å². The van der Waals surface area contributed by atoms with Crippen LogP contribution in [0.5, 0.6) is 0 Å². The number of hydrogen-bond acceptors (Lipinski definition) is 3. The van der Waals surface area contributed by atoms with Crippen molar-refractivity contribution in [2.24, 2.45) is 16.6 Å². The monoisotopic (exact) mass is 237 g/mol. The molecule has 3 N–H and O–H groups in total. The molecule has 0 saturated heterocycles. The molecular formula is C14H23NO2. The third-order valence-electron chi connectivity index (χ3n) is 4.44. The van der Waals surface area contributed by atoms with Crippen LogP contribution in [0.3, 0.4) is 0 Å². The van der Waals surface area contributed by atoms with Gasteiger partial charge in [-0.05, 0) is 37.2 Å². The Bertz CT molecular complexity index is 346. The summed E-state index contributed by atoms with van der Waals surface area (Å²) in [6, 6.07) is 1.84. The quantitative estimate of drug-likeness (QED) is 0.849. The van der Waals surface area contributed by atoms with E-state index in [1.807, 2.05) is 6.07 Å². The van der Waals surface area contributed by atoms with Crippen LogP contribution in [0.4, 0.5) is 0 Å². The molecule has 0 aliphatic heterocycles. The van der Waals surface area contributed by atoms with Crippen molar-refractivity contribution < 1.29 is 9.52 Å². The van der Waals surface area contributed by atoms with Gasteiger partial charge in [0.1, 0.15) is 0 Å². The van der Waals surface area contributed by atoms with Gasteiger partial charge in [0.05, 0.1) is 18.6 Å². The molecule has 0 amide bonds.